The summed E-state index contributed by atoms with van der Waals surface area (Å²) in [5.41, 5.74) is 3.72. The van der Waals surface area contributed by atoms with E-state index >= 15 is 0 Å². The number of rotatable bonds is 40. The second-order valence-electron chi connectivity index (χ2n) is 20.4. The van der Waals surface area contributed by atoms with Crippen LogP contribution in [0.4, 0.5) is 0 Å². The lowest BCUT2D eigenvalue weighted by molar-refractivity contribution is -0.157. The van der Waals surface area contributed by atoms with Crippen molar-refractivity contribution in [3.63, 3.8) is 0 Å². The summed E-state index contributed by atoms with van der Waals surface area (Å²) < 4.78 is 38.3. The van der Waals surface area contributed by atoms with Crippen molar-refractivity contribution < 1.29 is 32.8 Å². The van der Waals surface area contributed by atoms with Crippen LogP contribution >= 0.6 is 7.82 Å². The number of nitrogens with one attached hydrogen (secondary N) is 1. The SMILES string of the molecule is CCCCCCCCCCCCCCCCCCCCCCCC(=O)O[C@H](COC(c1ccccc1)(c1ccccc1)c1ccccc1)COP(=O)(O)OCCNC(c1ccccc1)(c1ccccc1)c1ccccc1. The zero-order chi connectivity index (χ0) is 53.3. The van der Waals surface area contributed by atoms with Gasteiger partial charge in [0.25, 0.3) is 0 Å². The van der Waals surface area contributed by atoms with E-state index in [1.165, 1.54) is 109 Å². The summed E-state index contributed by atoms with van der Waals surface area (Å²) in [4.78, 5) is 24.9. The normalized spacial score (nSPS) is 13.0. The molecule has 6 rings (SSSR count). The Morgan fingerprint density at radius 3 is 1.11 bits per heavy atom. The van der Waals surface area contributed by atoms with E-state index in [4.69, 9.17) is 18.5 Å². The van der Waals surface area contributed by atoms with Crippen LogP contribution in [0.15, 0.2) is 182 Å². The third-order valence-corrected chi connectivity index (χ3v) is 15.6. The predicted molar refractivity (Wildman–Crippen MR) is 311 cm³/mol. The molecule has 0 amide bonds. The number of phosphoric ester groups is 1. The molecule has 0 saturated carbocycles. The van der Waals surface area contributed by atoms with E-state index in [9.17, 15) is 14.3 Å². The Balaban J connectivity index is 1.02. The Labute approximate surface area is 457 Å². The van der Waals surface area contributed by atoms with E-state index in [-0.39, 0.29) is 26.2 Å². The van der Waals surface area contributed by atoms with Gasteiger partial charge in [-0.25, -0.2) is 4.57 Å². The molecule has 0 aliphatic rings. The molecule has 0 saturated heterocycles. The fourth-order valence-corrected chi connectivity index (χ4v) is 11.3. The van der Waals surface area contributed by atoms with Crippen molar-refractivity contribution in [3.8, 4) is 0 Å². The Morgan fingerprint density at radius 1 is 0.447 bits per heavy atom. The highest BCUT2D eigenvalue weighted by atomic mass is 31.2. The highest BCUT2D eigenvalue weighted by Gasteiger charge is 2.40. The van der Waals surface area contributed by atoms with Crippen molar-refractivity contribution in [1.29, 1.82) is 0 Å². The lowest BCUT2D eigenvalue weighted by Crippen LogP contribution is -2.46. The molecule has 0 heterocycles. The molecule has 0 aliphatic heterocycles. The number of unbranched alkanes of at least 4 members (excludes halogenated alkanes) is 20. The predicted octanol–water partition coefficient (Wildman–Crippen LogP) is 17.2. The molecule has 76 heavy (non-hydrogen) atoms. The third kappa shape index (κ3) is 19.7. The third-order valence-electron chi connectivity index (χ3n) is 14.6. The molecule has 408 valence electrons. The summed E-state index contributed by atoms with van der Waals surface area (Å²) in [5.74, 6) is -0.406. The number of carbonyl (C=O) groups is 1. The summed E-state index contributed by atoms with van der Waals surface area (Å²) >= 11 is 0. The van der Waals surface area contributed by atoms with E-state index < -0.39 is 37.6 Å². The summed E-state index contributed by atoms with van der Waals surface area (Å²) in [6.45, 7) is 1.76. The minimum Gasteiger partial charge on any atom is -0.457 e. The standard InChI is InChI=1S/C67H88NO7P/c1-2-3-4-5-6-7-8-9-10-11-12-13-14-15-16-17-18-19-20-21-40-53-65(69)75-64(56-72-67(61-47-34-25-35-48-61,62-49-36-26-37-50-62)63-51-38-27-39-52-63)57-74-76(70,71)73-55-54-68-66(58-41-28-22-29-42-58,59-43-30-23-31-44-59)60-45-32-24-33-46-60/h22-39,41-52,64,68H,2-21,40,53-57H2,1H3,(H,70,71)/t64-/m1/s1. The van der Waals surface area contributed by atoms with Crippen LogP contribution < -0.4 is 5.32 Å². The van der Waals surface area contributed by atoms with E-state index in [0.717, 1.165) is 52.6 Å². The molecule has 6 aromatic carbocycles. The molecular weight excluding hydrogens is 962 g/mol. The number of hydrogen-bond donors (Lipinski definition) is 2. The molecule has 6 aromatic rings. The number of ether oxygens (including phenoxy) is 2. The maximum Gasteiger partial charge on any atom is 0.472 e. The van der Waals surface area contributed by atoms with Gasteiger partial charge in [0, 0.05) is 13.0 Å². The van der Waals surface area contributed by atoms with Crippen LogP contribution in [0.25, 0.3) is 0 Å². The number of esters is 1. The van der Waals surface area contributed by atoms with Crippen LogP contribution in [0.1, 0.15) is 182 Å². The zero-order valence-electron chi connectivity index (χ0n) is 45.6. The quantitative estimate of drug-likeness (QED) is 0.0170. The Bertz CT molecular complexity index is 2270. The zero-order valence-corrected chi connectivity index (χ0v) is 46.5. The number of carbonyl (C=O) groups excluding carboxylic acids is 1. The van der Waals surface area contributed by atoms with Crippen molar-refractivity contribution >= 4 is 13.8 Å². The number of phosphoric acid groups is 1. The van der Waals surface area contributed by atoms with Gasteiger partial charge in [0.1, 0.15) is 11.7 Å². The average molecular weight is 1050 g/mol. The van der Waals surface area contributed by atoms with Crippen molar-refractivity contribution in [1.82, 2.24) is 5.32 Å². The van der Waals surface area contributed by atoms with Crippen molar-refractivity contribution in [3.05, 3.63) is 215 Å². The van der Waals surface area contributed by atoms with Gasteiger partial charge in [-0.1, -0.05) is 317 Å². The summed E-state index contributed by atoms with van der Waals surface area (Å²) in [6.07, 6.45) is 26.3. The molecule has 2 N–H and O–H groups in total. The molecule has 0 bridgehead atoms. The van der Waals surface area contributed by atoms with E-state index in [2.05, 4.69) is 48.6 Å². The van der Waals surface area contributed by atoms with Crippen LogP contribution in [0.5, 0.6) is 0 Å². The van der Waals surface area contributed by atoms with Gasteiger partial charge in [-0.15, -0.1) is 0 Å². The highest BCUT2D eigenvalue weighted by Crippen LogP contribution is 2.45. The van der Waals surface area contributed by atoms with Crippen molar-refractivity contribution in [2.75, 3.05) is 26.4 Å². The minimum atomic E-state index is -4.67. The average Bonchev–Trinajstić information content (AvgIpc) is 3.49. The van der Waals surface area contributed by atoms with Crippen LogP contribution in [0.2, 0.25) is 0 Å². The first-order valence-corrected chi connectivity index (χ1v) is 30.4. The molecule has 9 heteroatoms. The van der Waals surface area contributed by atoms with E-state index in [1.54, 1.807) is 0 Å². The van der Waals surface area contributed by atoms with Crippen molar-refractivity contribution in [2.45, 2.75) is 165 Å². The summed E-state index contributed by atoms with van der Waals surface area (Å²) in [6, 6.07) is 60.2. The first kappa shape index (κ1) is 60.1. The maximum absolute atomic E-state index is 13.8. The Morgan fingerprint density at radius 2 is 0.763 bits per heavy atom. The van der Waals surface area contributed by atoms with Crippen LogP contribution in [0.3, 0.4) is 0 Å². The van der Waals surface area contributed by atoms with Crippen LogP contribution in [-0.4, -0.2) is 43.3 Å². The van der Waals surface area contributed by atoms with Gasteiger partial charge in [-0.05, 0) is 39.8 Å². The van der Waals surface area contributed by atoms with E-state index in [1.807, 2.05) is 146 Å². The van der Waals surface area contributed by atoms with Gasteiger partial charge in [-0.2, -0.15) is 0 Å². The molecule has 0 spiro atoms. The van der Waals surface area contributed by atoms with Gasteiger partial charge in [0.15, 0.2) is 0 Å². The largest absolute Gasteiger partial charge is 0.472 e. The first-order valence-electron chi connectivity index (χ1n) is 28.9. The number of benzene rings is 6. The summed E-state index contributed by atoms with van der Waals surface area (Å²) in [5, 5.41) is 3.69. The van der Waals surface area contributed by atoms with Gasteiger partial charge in [0.2, 0.25) is 0 Å². The Kier molecular flexibility index (Phi) is 27.3. The minimum absolute atomic E-state index is 0.140. The van der Waals surface area contributed by atoms with Gasteiger partial charge < -0.3 is 14.4 Å². The molecule has 0 fully saturated rings. The molecular formula is C67H88NO7P. The van der Waals surface area contributed by atoms with Gasteiger partial charge >= 0.3 is 13.8 Å². The lowest BCUT2D eigenvalue weighted by atomic mass is 9.77. The highest BCUT2D eigenvalue weighted by molar-refractivity contribution is 7.47. The topological polar surface area (TPSA) is 103 Å². The number of hydrogen-bond acceptors (Lipinski definition) is 7. The second kappa shape index (κ2) is 34.6. The summed E-state index contributed by atoms with van der Waals surface area (Å²) in [7, 11) is -4.67. The van der Waals surface area contributed by atoms with Crippen LogP contribution in [0, 0.1) is 0 Å². The second-order valence-corrected chi connectivity index (χ2v) is 21.8. The lowest BCUT2D eigenvalue weighted by Gasteiger charge is -2.37. The molecule has 8 nitrogen and oxygen atoms in total. The molecule has 1 unspecified atom stereocenters. The fraction of sp³-hybridized carbons (Fsp3) is 0.448. The fourth-order valence-electron chi connectivity index (χ4n) is 10.5. The van der Waals surface area contributed by atoms with Gasteiger partial charge in [-0.3, -0.25) is 19.2 Å². The molecule has 2 atom stereocenters. The van der Waals surface area contributed by atoms with Gasteiger partial charge in [0.05, 0.1) is 25.4 Å². The Hall–Kier alpha value is -5.18. The molecule has 0 radical (unpaired) electrons. The molecule has 0 aliphatic carbocycles. The maximum atomic E-state index is 13.8. The van der Waals surface area contributed by atoms with E-state index in [0.29, 0.717) is 6.42 Å². The van der Waals surface area contributed by atoms with Crippen molar-refractivity contribution in [2.24, 2.45) is 0 Å². The first-order chi connectivity index (χ1) is 37.4. The van der Waals surface area contributed by atoms with Crippen LogP contribution in [-0.2, 0) is 39.0 Å². The monoisotopic (exact) mass is 1050 g/mol. The smallest absolute Gasteiger partial charge is 0.457 e. The molecule has 0 aromatic heterocycles.